The number of methoxy groups -OCH3 is 1. The minimum absolute atomic E-state index is 0.0121. The third kappa shape index (κ3) is 3.60. The molecule has 3 rings (SSSR count). The average Bonchev–Trinajstić information content (AvgIpc) is 2.93. The maximum absolute atomic E-state index is 13.1. The van der Waals surface area contributed by atoms with Gasteiger partial charge in [-0.1, -0.05) is 24.3 Å². The zero-order valence-electron chi connectivity index (χ0n) is 13.3. The van der Waals surface area contributed by atoms with Crippen LogP contribution in [0.2, 0.25) is 0 Å². The quantitative estimate of drug-likeness (QED) is 0.757. The smallest absolute Gasteiger partial charge is 0.246 e. The van der Waals surface area contributed by atoms with Crippen LogP contribution in [0, 0.1) is 5.82 Å². The monoisotopic (exact) mass is 327 g/mol. The van der Waals surface area contributed by atoms with Crippen LogP contribution in [0.1, 0.15) is 11.4 Å². The molecule has 0 fully saturated rings. The van der Waals surface area contributed by atoms with Crippen LogP contribution >= 0.6 is 0 Å². The summed E-state index contributed by atoms with van der Waals surface area (Å²) in [6.45, 7) is 0.868. The Morgan fingerprint density at radius 1 is 1.21 bits per heavy atom. The molecule has 0 unspecified atom stereocenters. The predicted molar refractivity (Wildman–Crippen MR) is 89.0 cm³/mol. The summed E-state index contributed by atoms with van der Waals surface area (Å²) in [5.74, 6) is 0.282. The maximum atomic E-state index is 13.1. The van der Waals surface area contributed by atoms with Crippen molar-refractivity contribution in [1.29, 1.82) is 0 Å². The van der Waals surface area contributed by atoms with E-state index in [0.29, 0.717) is 13.1 Å². The van der Waals surface area contributed by atoms with Gasteiger partial charge in [-0.2, -0.15) is 0 Å². The van der Waals surface area contributed by atoms with Crippen LogP contribution in [0.4, 0.5) is 4.39 Å². The third-order valence-electron chi connectivity index (χ3n) is 3.71. The van der Waals surface area contributed by atoms with Gasteiger partial charge in [0.15, 0.2) is 0 Å². The van der Waals surface area contributed by atoms with Crippen LogP contribution in [-0.2, 0) is 22.6 Å². The Bertz CT molecular complexity index is 843. The van der Waals surface area contributed by atoms with Gasteiger partial charge in [0.05, 0.1) is 17.6 Å². The fourth-order valence-corrected chi connectivity index (χ4v) is 2.57. The van der Waals surface area contributed by atoms with Crippen molar-refractivity contribution < 1.29 is 13.9 Å². The van der Waals surface area contributed by atoms with E-state index < -0.39 is 0 Å². The minimum Gasteiger partial charge on any atom is -0.375 e. The molecular formula is C18H18FN3O2. The van der Waals surface area contributed by atoms with E-state index in [4.69, 9.17) is 4.74 Å². The molecule has 0 spiro atoms. The highest BCUT2D eigenvalue weighted by Gasteiger charge is 2.12. The van der Waals surface area contributed by atoms with E-state index in [2.05, 4.69) is 10.3 Å². The normalized spacial score (nSPS) is 10.9. The Morgan fingerprint density at radius 2 is 1.96 bits per heavy atom. The first-order chi connectivity index (χ1) is 11.7. The van der Waals surface area contributed by atoms with Crippen molar-refractivity contribution in [2.45, 2.75) is 13.1 Å². The lowest BCUT2D eigenvalue weighted by Crippen LogP contribution is -2.28. The number of aromatic nitrogens is 2. The van der Waals surface area contributed by atoms with Gasteiger partial charge < -0.3 is 14.6 Å². The van der Waals surface area contributed by atoms with Crippen molar-refractivity contribution in [3.05, 3.63) is 65.7 Å². The number of amides is 1. The molecule has 0 saturated heterocycles. The zero-order chi connectivity index (χ0) is 16.9. The van der Waals surface area contributed by atoms with E-state index in [9.17, 15) is 9.18 Å². The summed E-state index contributed by atoms with van der Waals surface area (Å²) in [5, 5.41) is 2.79. The van der Waals surface area contributed by atoms with Gasteiger partial charge in [0.1, 0.15) is 18.2 Å². The fourth-order valence-electron chi connectivity index (χ4n) is 2.57. The first-order valence-electron chi connectivity index (χ1n) is 7.61. The van der Waals surface area contributed by atoms with Crippen LogP contribution in [-0.4, -0.2) is 29.2 Å². The van der Waals surface area contributed by atoms with Crippen molar-refractivity contribution in [2.24, 2.45) is 0 Å². The number of carbonyl (C=O) groups excluding carboxylic acids is 1. The van der Waals surface area contributed by atoms with Gasteiger partial charge in [-0.3, -0.25) is 4.79 Å². The molecule has 1 amide bonds. The molecule has 0 aliphatic heterocycles. The summed E-state index contributed by atoms with van der Waals surface area (Å²) in [6, 6.07) is 14.1. The zero-order valence-corrected chi connectivity index (χ0v) is 13.3. The van der Waals surface area contributed by atoms with Crippen LogP contribution in [0.15, 0.2) is 48.5 Å². The average molecular weight is 327 g/mol. The van der Waals surface area contributed by atoms with Crippen LogP contribution < -0.4 is 5.32 Å². The summed E-state index contributed by atoms with van der Waals surface area (Å²) in [5.41, 5.74) is 2.79. The first kappa shape index (κ1) is 16.1. The van der Waals surface area contributed by atoms with Gasteiger partial charge in [-0.15, -0.1) is 0 Å². The van der Waals surface area contributed by atoms with E-state index in [1.807, 2.05) is 28.8 Å². The molecule has 2 aromatic carbocycles. The number of rotatable bonds is 6. The summed E-state index contributed by atoms with van der Waals surface area (Å²) in [6.07, 6.45) is 0. The summed E-state index contributed by atoms with van der Waals surface area (Å²) >= 11 is 0. The van der Waals surface area contributed by atoms with Gasteiger partial charge in [0.2, 0.25) is 5.91 Å². The molecule has 3 aromatic rings. The topological polar surface area (TPSA) is 56.1 Å². The second kappa shape index (κ2) is 7.23. The highest BCUT2D eigenvalue weighted by molar-refractivity contribution is 5.78. The minimum atomic E-state index is -0.263. The molecule has 0 atom stereocenters. The first-order valence-corrected chi connectivity index (χ1v) is 7.61. The van der Waals surface area contributed by atoms with E-state index >= 15 is 0 Å². The molecule has 0 saturated carbocycles. The number of fused-ring (bicyclic) bond motifs is 1. The Morgan fingerprint density at radius 3 is 2.71 bits per heavy atom. The molecule has 6 heteroatoms. The molecule has 5 nitrogen and oxygen atoms in total. The molecule has 24 heavy (non-hydrogen) atoms. The lowest BCUT2D eigenvalue weighted by atomic mass is 10.2. The van der Waals surface area contributed by atoms with Crippen LogP contribution in [0.5, 0.6) is 0 Å². The van der Waals surface area contributed by atoms with Gasteiger partial charge in [-0.05, 0) is 29.8 Å². The standard InChI is InChI=1S/C18H18FN3O2/c1-24-12-18(23)20-10-17-21-15-4-2-3-5-16(15)22(17)11-13-6-8-14(19)9-7-13/h2-9H,10-12H2,1H3,(H,20,23). The fraction of sp³-hybridized carbons (Fsp3) is 0.222. The number of halogens is 1. The Kier molecular flexibility index (Phi) is 4.86. The third-order valence-corrected chi connectivity index (χ3v) is 3.71. The maximum Gasteiger partial charge on any atom is 0.246 e. The molecule has 1 N–H and O–H groups in total. The van der Waals surface area contributed by atoms with Gasteiger partial charge in [-0.25, -0.2) is 9.37 Å². The van der Waals surface area contributed by atoms with Crippen molar-refractivity contribution in [2.75, 3.05) is 13.7 Å². The molecule has 0 radical (unpaired) electrons. The van der Waals surface area contributed by atoms with E-state index in [0.717, 1.165) is 22.4 Å². The SMILES string of the molecule is COCC(=O)NCc1nc2ccccc2n1Cc1ccc(F)cc1. The van der Waals surface area contributed by atoms with Crippen molar-refractivity contribution in [1.82, 2.24) is 14.9 Å². The number of nitrogens with zero attached hydrogens (tertiary/aromatic N) is 2. The van der Waals surface area contributed by atoms with Crippen molar-refractivity contribution in [3.63, 3.8) is 0 Å². The number of benzene rings is 2. The molecule has 1 heterocycles. The Labute approximate surface area is 139 Å². The number of imidazole rings is 1. The molecule has 0 aliphatic rings. The van der Waals surface area contributed by atoms with Gasteiger partial charge in [0, 0.05) is 13.7 Å². The van der Waals surface area contributed by atoms with Crippen LogP contribution in [0.25, 0.3) is 11.0 Å². The number of hydrogen-bond donors (Lipinski definition) is 1. The number of carbonyl (C=O) groups is 1. The number of ether oxygens (including phenoxy) is 1. The molecular weight excluding hydrogens is 309 g/mol. The Balaban J connectivity index is 1.89. The molecule has 0 bridgehead atoms. The number of nitrogens with one attached hydrogen (secondary N) is 1. The lowest BCUT2D eigenvalue weighted by molar-refractivity contribution is -0.124. The summed E-state index contributed by atoms with van der Waals surface area (Å²) in [7, 11) is 1.48. The molecule has 1 aromatic heterocycles. The van der Waals surface area contributed by atoms with E-state index in [1.54, 1.807) is 12.1 Å². The molecule has 124 valence electrons. The second-order valence-electron chi connectivity index (χ2n) is 5.44. The second-order valence-corrected chi connectivity index (χ2v) is 5.44. The Hall–Kier alpha value is -2.73. The predicted octanol–water partition coefficient (Wildman–Crippen LogP) is 2.49. The lowest BCUT2D eigenvalue weighted by Gasteiger charge is -2.10. The summed E-state index contributed by atoms with van der Waals surface area (Å²) < 4.78 is 19.9. The largest absolute Gasteiger partial charge is 0.375 e. The highest BCUT2D eigenvalue weighted by atomic mass is 19.1. The van der Waals surface area contributed by atoms with Gasteiger partial charge >= 0.3 is 0 Å². The van der Waals surface area contributed by atoms with Crippen molar-refractivity contribution >= 4 is 16.9 Å². The number of para-hydroxylation sites is 2. The van der Waals surface area contributed by atoms with E-state index in [-0.39, 0.29) is 18.3 Å². The summed E-state index contributed by atoms with van der Waals surface area (Å²) in [4.78, 5) is 16.2. The number of hydrogen-bond acceptors (Lipinski definition) is 3. The molecule has 0 aliphatic carbocycles. The van der Waals surface area contributed by atoms with Gasteiger partial charge in [0.25, 0.3) is 0 Å². The van der Waals surface area contributed by atoms with Crippen molar-refractivity contribution in [3.8, 4) is 0 Å². The van der Waals surface area contributed by atoms with E-state index in [1.165, 1.54) is 19.2 Å². The van der Waals surface area contributed by atoms with Crippen LogP contribution in [0.3, 0.4) is 0 Å². The highest BCUT2D eigenvalue weighted by Crippen LogP contribution is 2.18.